The second kappa shape index (κ2) is 14.3. The zero-order valence-corrected chi connectivity index (χ0v) is 28.5. The fraction of sp³-hybridized carbons (Fsp3) is 0.135. The molecule has 1 aliphatic heterocycles. The Kier molecular flexibility index (Phi) is 9.47. The molecule has 6 aromatic rings. The monoisotopic (exact) mass is 772 g/mol. The number of nitrogens with zero attached hydrogens (tertiary/aromatic N) is 3. The number of ether oxygens (including phenoxy) is 3. The van der Waals surface area contributed by atoms with E-state index in [1.54, 1.807) is 52.1 Å². The fourth-order valence-electron chi connectivity index (χ4n) is 5.56. The van der Waals surface area contributed by atoms with Gasteiger partial charge in [-0.3, -0.25) is 0 Å². The third-order valence-electron chi connectivity index (χ3n) is 8.16. The molecule has 262 valence electrons. The SMILES string of the molecule is O=C(Nc1ccn(C2OC(COC(=O)c3ccccc3)C(OC(=O)c3ccccc3)C2(F)F)c(=O)n1)c1ccc(-n2[se]c3ccccc3c2=O)cc1. The third kappa shape index (κ3) is 6.84. The molecule has 0 saturated carbocycles. The molecule has 3 heterocycles. The van der Waals surface area contributed by atoms with Crippen LogP contribution in [-0.2, 0) is 14.2 Å². The minimum atomic E-state index is -4.01. The van der Waals surface area contributed by atoms with Gasteiger partial charge in [0.25, 0.3) is 0 Å². The van der Waals surface area contributed by atoms with Crippen LogP contribution in [0.25, 0.3) is 15.3 Å². The van der Waals surface area contributed by atoms with Crippen molar-refractivity contribution in [2.24, 2.45) is 0 Å². The number of halogens is 2. The molecular weight excluding hydrogens is 745 g/mol. The number of rotatable bonds is 9. The van der Waals surface area contributed by atoms with Gasteiger partial charge in [-0.05, 0) is 24.3 Å². The Morgan fingerprint density at radius 2 is 1.44 bits per heavy atom. The van der Waals surface area contributed by atoms with Crippen LogP contribution in [0.4, 0.5) is 14.6 Å². The summed E-state index contributed by atoms with van der Waals surface area (Å²) < 4.78 is 51.3. The van der Waals surface area contributed by atoms with Gasteiger partial charge < -0.3 is 14.2 Å². The second-order valence-corrected chi connectivity index (χ2v) is 13.6. The number of esters is 2. The molecular formula is C37H26F2N4O8Se. The molecule has 0 radical (unpaired) electrons. The molecule has 3 unspecified atom stereocenters. The average molecular weight is 772 g/mol. The summed E-state index contributed by atoms with van der Waals surface area (Å²) in [5.74, 6) is -6.79. The molecule has 15 heteroatoms. The van der Waals surface area contributed by atoms with Crippen LogP contribution in [0.15, 0.2) is 131 Å². The molecule has 52 heavy (non-hydrogen) atoms. The van der Waals surface area contributed by atoms with Gasteiger partial charge in [-0.25, -0.2) is 9.59 Å². The van der Waals surface area contributed by atoms with Crippen LogP contribution in [0.3, 0.4) is 0 Å². The Morgan fingerprint density at radius 1 is 0.808 bits per heavy atom. The van der Waals surface area contributed by atoms with Crippen molar-refractivity contribution >= 4 is 48.0 Å². The van der Waals surface area contributed by atoms with Crippen molar-refractivity contribution in [3.8, 4) is 5.69 Å². The van der Waals surface area contributed by atoms with E-state index < -0.39 is 54.5 Å². The summed E-state index contributed by atoms with van der Waals surface area (Å²) in [6.07, 6.45) is -5.31. The Balaban J connectivity index is 1.08. The van der Waals surface area contributed by atoms with Crippen LogP contribution in [-0.4, -0.2) is 70.4 Å². The molecule has 1 fully saturated rings. The molecule has 1 aliphatic rings. The van der Waals surface area contributed by atoms with Gasteiger partial charge in [0.05, 0.1) is 11.1 Å². The molecule has 2 aromatic heterocycles. The first-order chi connectivity index (χ1) is 25.1. The molecule has 0 bridgehead atoms. The first-order valence-corrected chi connectivity index (χ1v) is 17.4. The van der Waals surface area contributed by atoms with E-state index in [0.717, 1.165) is 16.5 Å². The predicted molar refractivity (Wildman–Crippen MR) is 184 cm³/mol. The summed E-state index contributed by atoms with van der Waals surface area (Å²) in [5.41, 5.74) is -0.392. The van der Waals surface area contributed by atoms with E-state index in [9.17, 15) is 24.0 Å². The van der Waals surface area contributed by atoms with Gasteiger partial charge in [0.2, 0.25) is 0 Å². The van der Waals surface area contributed by atoms with E-state index in [0.29, 0.717) is 15.6 Å². The number of benzene rings is 4. The maximum atomic E-state index is 16.1. The molecule has 1 N–H and O–H groups in total. The van der Waals surface area contributed by atoms with E-state index in [1.165, 1.54) is 48.5 Å². The van der Waals surface area contributed by atoms with Gasteiger partial charge in [-0.15, -0.1) is 0 Å². The van der Waals surface area contributed by atoms with Crippen LogP contribution >= 0.6 is 0 Å². The molecule has 12 nitrogen and oxygen atoms in total. The molecule has 1 saturated heterocycles. The molecule has 0 aliphatic carbocycles. The van der Waals surface area contributed by atoms with Crippen molar-refractivity contribution in [2.75, 3.05) is 11.9 Å². The summed E-state index contributed by atoms with van der Waals surface area (Å²) in [6, 6.07) is 30.0. The first kappa shape index (κ1) is 34.4. The van der Waals surface area contributed by atoms with Crippen molar-refractivity contribution in [3.05, 3.63) is 159 Å². The topological polar surface area (TPSA) is 148 Å². The maximum absolute atomic E-state index is 16.1. The number of anilines is 1. The van der Waals surface area contributed by atoms with Crippen LogP contribution in [0.1, 0.15) is 37.3 Å². The predicted octanol–water partition coefficient (Wildman–Crippen LogP) is 4.47. The Labute approximate surface area is 298 Å². The van der Waals surface area contributed by atoms with Gasteiger partial charge in [0.1, 0.15) is 12.7 Å². The van der Waals surface area contributed by atoms with Crippen LogP contribution < -0.4 is 16.6 Å². The number of fused-ring (bicyclic) bond motifs is 1. The number of hydrogen-bond donors (Lipinski definition) is 1. The normalized spacial score (nSPS) is 17.8. The number of nitrogens with one attached hydrogen (secondary N) is 1. The van der Waals surface area contributed by atoms with Crippen molar-refractivity contribution in [3.63, 3.8) is 0 Å². The quantitative estimate of drug-likeness (QED) is 0.166. The van der Waals surface area contributed by atoms with Gasteiger partial charge in [0, 0.05) is 0 Å². The number of alkyl halides is 2. The number of amides is 1. The number of aromatic nitrogens is 3. The van der Waals surface area contributed by atoms with E-state index in [4.69, 9.17) is 14.2 Å². The summed E-state index contributed by atoms with van der Waals surface area (Å²) in [6.45, 7) is -0.735. The van der Waals surface area contributed by atoms with E-state index in [2.05, 4.69) is 10.3 Å². The van der Waals surface area contributed by atoms with Gasteiger partial charge in [-0.1, -0.05) is 36.4 Å². The van der Waals surface area contributed by atoms with E-state index in [-0.39, 0.29) is 42.8 Å². The summed E-state index contributed by atoms with van der Waals surface area (Å²) in [4.78, 5) is 68.2. The Morgan fingerprint density at radius 3 is 2.10 bits per heavy atom. The second-order valence-electron chi connectivity index (χ2n) is 11.5. The van der Waals surface area contributed by atoms with Gasteiger partial charge in [-0.2, -0.15) is 8.78 Å². The van der Waals surface area contributed by atoms with E-state index >= 15 is 8.78 Å². The summed E-state index contributed by atoms with van der Waals surface area (Å²) >= 11 is -0.263. The minimum absolute atomic E-state index is 0.00807. The van der Waals surface area contributed by atoms with Crippen molar-refractivity contribution in [1.29, 1.82) is 0 Å². The standard InChI is InChI=1S/C37H26F2N4O8Se/c38-37(39)30(51-34(47)24-11-5-2-6-12-24)27(21-49-33(46)23-9-3-1-4-10-23)50-35(37)42-20-19-29(41-36(42)48)40-31(44)22-15-17-25(18-16-22)43-32(45)26-13-7-8-14-28(26)52-43/h1-20,27,30,35H,21H2,(H,40,41,44,48). The molecule has 1 amide bonds. The molecule has 4 aromatic carbocycles. The van der Waals surface area contributed by atoms with Crippen LogP contribution in [0, 0.1) is 0 Å². The summed E-state index contributed by atoms with van der Waals surface area (Å²) in [7, 11) is 0. The molecule has 7 rings (SSSR count). The van der Waals surface area contributed by atoms with E-state index in [1.807, 2.05) is 12.1 Å². The Hall–Kier alpha value is -6.02. The first-order valence-electron chi connectivity index (χ1n) is 15.7. The third-order valence-corrected chi connectivity index (χ3v) is 10.5. The van der Waals surface area contributed by atoms with Gasteiger partial charge >= 0.3 is 176 Å². The van der Waals surface area contributed by atoms with Crippen LogP contribution in [0.2, 0.25) is 0 Å². The number of carbonyl (C=O) groups is 3. The Bertz CT molecular complexity index is 2400. The van der Waals surface area contributed by atoms with Gasteiger partial charge in [0.15, 0.2) is 6.10 Å². The average Bonchev–Trinajstić information content (AvgIpc) is 3.63. The zero-order chi connectivity index (χ0) is 36.4. The molecule has 0 spiro atoms. The fourth-order valence-corrected chi connectivity index (χ4v) is 7.66. The number of carbonyl (C=O) groups excluding carboxylic acids is 3. The van der Waals surface area contributed by atoms with Crippen molar-refractivity contribution in [2.45, 2.75) is 24.4 Å². The summed E-state index contributed by atoms with van der Waals surface area (Å²) in [5, 5.41) is 3.10. The zero-order valence-electron chi connectivity index (χ0n) is 26.8. The molecule has 3 atom stereocenters. The number of hydrogen-bond acceptors (Lipinski definition) is 9. The van der Waals surface area contributed by atoms with Crippen LogP contribution in [0.5, 0.6) is 0 Å². The van der Waals surface area contributed by atoms with Crippen molar-refractivity contribution < 1.29 is 37.4 Å². The van der Waals surface area contributed by atoms with Crippen molar-refractivity contribution in [1.82, 2.24) is 13.1 Å².